The molecule has 0 saturated carbocycles. The number of ether oxygens (including phenoxy) is 4. The number of hydrogen-bond acceptors (Lipinski definition) is 15. The van der Waals surface area contributed by atoms with Crippen molar-refractivity contribution in [1.82, 2.24) is 0 Å². The number of aliphatic hydroxyl groups excluding tert-OH is 1. The molecule has 0 radical (unpaired) electrons. The monoisotopic (exact) mass is 1540 g/mol. The van der Waals surface area contributed by atoms with Crippen LogP contribution in [0.1, 0.15) is 465 Å². The smallest absolute Gasteiger partial charge is 0.462 e. The standard InChI is InChI=1S/C86H168O17P2/c1-6-9-12-15-18-21-24-27-29-31-32-33-34-36-38-41-46-51-56-61-66-71-85(90)102-81(75-97-84(89)70-65-60-55-50-45-40-37-35-30-28-25-22-19-16-13-10-7-2)77-100-104(92,93)98-73-80(87)74-99-105(94,95)101-78-82(76-96-83(88)69-64-59-54-49-44-39-26-23-20-17-14-11-8-3)103-86(91)72-67-62-57-52-47-42-43-48-53-58-63-68-79(4)5/h79-82,87H,6-78H2,1-5H3,(H,92,93)(H,94,95)/t80-,81-,82-/m1/s1. The van der Waals surface area contributed by atoms with Gasteiger partial charge in [-0.2, -0.15) is 0 Å². The quantitative estimate of drug-likeness (QED) is 0.0222. The van der Waals surface area contributed by atoms with Gasteiger partial charge >= 0.3 is 39.5 Å². The van der Waals surface area contributed by atoms with E-state index in [0.717, 1.165) is 95.8 Å². The van der Waals surface area contributed by atoms with Crippen molar-refractivity contribution in [3.8, 4) is 0 Å². The van der Waals surface area contributed by atoms with E-state index < -0.39 is 97.5 Å². The molecule has 0 heterocycles. The topological polar surface area (TPSA) is 237 Å². The molecule has 0 rings (SSSR count). The SMILES string of the molecule is CCCCCCCCCCCCCCCCCCCCCCCC(=O)O[C@H](COC(=O)CCCCCCCCCCCCCCCCCCC)COP(=O)(O)OC[C@@H](O)COP(=O)(O)OC[C@@H](COC(=O)CCCCCCCCCCCCCCC)OC(=O)CCCCCCCCCCCCCC(C)C. The van der Waals surface area contributed by atoms with Crippen LogP contribution in [0.4, 0.5) is 0 Å². The highest BCUT2D eigenvalue weighted by atomic mass is 31.2. The second-order valence-electron chi connectivity index (χ2n) is 31.4. The molecule has 0 aromatic rings. The maximum absolute atomic E-state index is 13.1. The summed E-state index contributed by atoms with van der Waals surface area (Å²) in [7, 11) is -9.93. The zero-order chi connectivity index (χ0) is 76.9. The van der Waals surface area contributed by atoms with Crippen LogP contribution in [0.3, 0.4) is 0 Å². The number of unbranched alkanes of at least 4 members (excludes halogenated alkanes) is 58. The number of esters is 4. The lowest BCUT2D eigenvalue weighted by Crippen LogP contribution is -2.30. The summed E-state index contributed by atoms with van der Waals surface area (Å²) in [5, 5.41) is 10.7. The predicted octanol–water partition coefficient (Wildman–Crippen LogP) is 26.4. The molecule has 0 saturated heterocycles. The Balaban J connectivity index is 5.25. The third-order valence-electron chi connectivity index (χ3n) is 20.3. The largest absolute Gasteiger partial charge is 0.472 e. The number of phosphoric ester groups is 2. The number of carbonyl (C=O) groups excluding carboxylic acids is 4. The van der Waals surface area contributed by atoms with E-state index in [1.807, 2.05) is 0 Å². The Morgan fingerprint density at radius 1 is 0.257 bits per heavy atom. The number of hydrogen-bond donors (Lipinski definition) is 3. The molecule has 17 nitrogen and oxygen atoms in total. The van der Waals surface area contributed by atoms with Crippen LogP contribution in [0.25, 0.3) is 0 Å². The van der Waals surface area contributed by atoms with Crippen molar-refractivity contribution < 1.29 is 80.2 Å². The molecule has 0 aliphatic heterocycles. The normalized spacial score (nSPS) is 13.8. The Morgan fingerprint density at radius 3 is 0.648 bits per heavy atom. The number of aliphatic hydroxyl groups is 1. The maximum atomic E-state index is 13.1. The second-order valence-corrected chi connectivity index (χ2v) is 34.3. The van der Waals surface area contributed by atoms with Gasteiger partial charge in [-0.3, -0.25) is 37.3 Å². The summed E-state index contributed by atoms with van der Waals surface area (Å²) in [6, 6.07) is 0. The lowest BCUT2D eigenvalue weighted by atomic mass is 10.0. The zero-order valence-corrected chi connectivity index (χ0v) is 70.7. The highest BCUT2D eigenvalue weighted by Gasteiger charge is 2.30. The Kier molecular flexibility index (Phi) is 77.3. The van der Waals surface area contributed by atoms with E-state index >= 15 is 0 Å². The van der Waals surface area contributed by atoms with Crippen molar-refractivity contribution >= 4 is 39.5 Å². The summed E-state index contributed by atoms with van der Waals surface area (Å²) in [4.78, 5) is 73.3. The molecule has 0 spiro atoms. The van der Waals surface area contributed by atoms with Gasteiger partial charge in [-0.15, -0.1) is 0 Å². The van der Waals surface area contributed by atoms with Gasteiger partial charge in [-0.25, -0.2) is 9.13 Å². The predicted molar refractivity (Wildman–Crippen MR) is 432 cm³/mol. The van der Waals surface area contributed by atoms with E-state index in [1.165, 1.54) is 289 Å². The van der Waals surface area contributed by atoms with Crippen LogP contribution >= 0.6 is 15.6 Å². The highest BCUT2D eigenvalue weighted by molar-refractivity contribution is 7.47. The average Bonchev–Trinajstić information content (AvgIpc) is 0.906. The minimum atomic E-state index is -4.97. The zero-order valence-electron chi connectivity index (χ0n) is 68.9. The van der Waals surface area contributed by atoms with Crippen LogP contribution < -0.4 is 0 Å². The van der Waals surface area contributed by atoms with Crippen LogP contribution in [0, 0.1) is 5.92 Å². The molecule has 0 aromatic heterocycles. The molecule has 3 N–H and O–H groups in total. The summed E-state index contributed by atoms with van der Waals surface area (Å²) >= 11 is 0. The molecule has 105 heavy (non-hydrogen) atoms. The lowest BCUT2D eigenvalue weighted by molar-refractivity contribution is -0.161. The van der Waals surface area contributed by atoms with Crippen LogP contribution in [0.15, 0.2) is 0 Å². The Morgan fingerprint density at radius 2 is 0.438 bits per heavy atom. The van der Waals surface area contributed by atoms with Crippen LogP contribution in [0.5, 0.6) is 0 Å². The van der Waals surface area contributed by atoms with Gasteiger partial charge in [0, 0.05) is 25.7 Å². The van der Waals surface area contributed by atoms with E-state index in [4.69, 9.17) is 37.0 Å². The van der Waals surface area contributed by atoms with Crippen molar-refractivity contribution in [2.45, 2.75) is 483 Å². The van der Waals surface area contributed by atoms with E-state index in [2.05, 4.69) is 34.6 Å². The molecule has 5 atom stereocenters. The van der Waals surface area contributed by atoms with E-state index in [1.54, 1.807) is 0 Å². The molecule has 2 unspecified atom stereocenters. The van der Waals surface area contributed by atoms with Gasteiger partial charge in [-0.05, 0) is 31.6 Å². The molecule has 0 bridgehead atoms. The number of carbonyl (C=O) groups is 4. The van der Waals surface area contributed by atoms with Crippen LogP contribution in [0.2, 0.25) is 0 Å². The Bertz CT molecular complexity index is 2000. The molecule has 0 fully saturated rings. The van der Waals surface area contributed by atoms with Gasteiger partial charge in [-0.1, -0.05) is 413 Å². The third-order valence-corrected chi connectivity index (χ3v) is 22.2. The van der Waals surface area contributed by atoms with E-state index in [-0.39, 0.29) is 25.7 Å². The fraction of sp³-hybridized carbons (Fsp3) is 0.953. The summed E-state index contributed by atoms with van der Waals surface area (Å²) < 4.78 is 68.9. The Hall–Kier alpha value is -1.94. The van der Waals surface area contributed by atoms with E-state index in [9.17, 15) is 43.2 Å². The van der Waals surface area contributed by atoms with Crippen molar-refractivity contribution in [3.05, 3.63) is 0 Å². The molecule has 0 aliphatic rings. The van der Waals surface area contributed by atoms with Gasteiger partial charge < -0.3 is 33.8 Å². The first kappa shape index (κ1) is 103. The number of phosphoric acid groups is 2. The van der Waals surface area contributed by atoms with Crippen LogP contribution in [-0.4, -0.2) is 96.7 Å². The van der Waals surface area contributed by atoms with Crippen molar-refractivity contribution in [2.24, 2.45) is 5.92 Å². The molecular formula is C86H168O17P2. The first-order chi connectivity index (χ1) is 51.0. The van der Waals surface area contributed by atoms with Gasteiger partial charge in [0.05, 0.1) is 26.4 Å². The minimum absolute atomic E-state index is 0.107. The van der Waals surface area contributed by atoms with Gasteiger partial charge in [0.1, 0.15) is 19.3 Å². The first-order valence-electron chi connectivity index (χ1n) is 44.6. The van der Waals surface area contributed by atoms with Gasteiger partial charge in [0.2, 0.25) is 0 Å². The maximum Gasteiger partial charge on any atom is 0.472 e. The third kappa shape index (κ3) is 79.9. The van der Waals surface area contributed by atoms with Crippen molar-refractivity contribution in [2.75, 3.05) is 39.6 Å². The molecule has 19 heteroatoms. The molecule has 0 aromatic carbocycles. The summed E-state index contributed by atoms with van der Waals surface area (Å²) in [6.07, 6.45) is 72.2. The fourth-order valence-electron chi connectivity index (χ4n) is 13.5. The molecule has 624 valence electrons. The molecule has 0 aliphatic carbocycles. The summed E-state index contributed by atoms with van der Waals surface area (Å²) in [5.74, 6) is -1.33. The minimum Gasteiger partial charge on any atom is -0.462 e. The fourth-order valence-corrected chi connectivity index (χ4v) is 15.1. The lowest BCUT2D eigenvalue weighted by Gasteiger charge is -2.21. The summed E-state index contributed by atoms with van der Waals surface area (Å²) in [6.45, 7) is 7.37. The van der Waals surface area contributed by atoms with Crippen LogP contribution in [-0.2, 0) is 65.4 Å². The van der Waals surface area contributed by atoms with Crippen molar-refractivity contribution in [1.29, 1.82) is 0 Å². The number of rotatable bonds is 86. The molecular weight excluding hydrogens is 1370 g/mol. The average molecular weight is 1540 g/mol. The molecule has 0 amide bonds. The Labute approximate surface area is 645 Å². The first-order valence-corrected chi connectivity index (χ1v) is 47.6. The van der Waals surface area contributed by atoms with Gasteiger partial charge in [0.25, 0.3) is 0 Å². The van der Waals surface area contributed by atoms with Crippen molar-refractivity contribution in [3.63, 3.8) is 0 Å². The second kappa shape index (κ2) is 78.7. The van der Waals surface area contributed by atoms with Gasteiger partial charge in [0.15, 0.2) is 12.2 Å². The summed E-state index contributed by atoms with van der Waals surface area (Å²) in [5.41, 5.74) is 0. The van der Waals surface area contributed by atoms with E-state index in [0.29, 0.717) is 25.7 Å². The highest BCUT2D eigenvalue weighted by Crippen LogP contribution is 2.45.